The minimum Gasteiger partial charge on any atom is -0.355 e. The number of aromatic nitrogens is 2. The zero-order valence-corrected chi connectivity index (χ0v) is 14.5. The molecular weight excluding hydrogens is 319 g/mol. The molecule has 0 saturated carbocycles. The highest BCUT2D eigenvalue weighted by Gasteiger charge is 2.41. The lowest BCUT2D eigenvalue weighted by Crippen LogP contribution is -2.44. The van der Waals surface area contributed by atoms with E-state index in [0.717, 1.165) is 55.8 Å². The van der Waals surface area contributed by atoms with Gasteiger partial charge >= 0.3 is 0 Å². The zero-order valence-electron chi connectivity index (χ0n) is 14.5. The molecule has 132 valence electrons. The van der Waals surface area contributed by atoms with Crippen LogP contribution in [0.3, 0.4) is 0 Å². The fraction of sp³-hybridized carbons (Fsp3) is 0.474. The van der Waals surface area contributed by atoms with E-state index in [-0.39, 0.29) is 17.1 Å². The van der Waals surface area contributed by atoms with Crippen LogP contribution < -0.4 is 5.32 Å². The number of benzene rings is 1. The van der Waals surface area contributed by atoms with Gasteiger partial charge in [-0.15, -0.1) is 0 Å². The number of hydrogen-bond acceptors (Lipinski definition) is 3. The summed E-state index contributed by atoms with van der Waals surface area (Å²) >= 11 is 0. The number of aryl methyl sites for hydroxylation is 1. The number of amides is 1. The molecule has 2 saturated heterocycles. The molecule has 0 aliphatic carbocycles. The van der Waals surface area contributed by atoms with Crippen LogP contribution in [0, 0.1) is 11.2 Å². The standard InChI is InChI=1S/C19H23FN4O/c1-23-10-15(18(22-23)14-3-5-16(20)6-4-14)11-24-8-2-7-19(13-24)9-17(25)21-12-19/h3-6,10H,2,7-9,11-13H2,1H3,(H,21,25). The highest BCUT2D eigenvalue weighted by Crippen LogP contribution is 2.37. The number of likely N-dealkylation sites (tertiary alicyclic amines) is 1. The van der Waals surface area contributed by atoms with E-state index in [4.69, 9.17) is 0 Å². The van der Waals surface area contributed by atoms with Crippen molar-refractivity contribution in [1.29, 1.82) is 0 Å². The van der Waals surface area contributed by atoms with Gasteiger partial charge in [0.25, 0.3) is 0 Å². The summed E-state index contributed by atoms with van der Waals surface area (Å²) in [6, 6.07) is 6.50. The molecule has 2 aliphatic heterocycles. The summed E-state index contributed by atoms with van der Waals surface area (Å²) in [6.45, 7) is 3.56. The molecule has 3 heterocycles. The fourth-order valence-corrected chi connectivity index (χ4v) is 4.23. The summed E-state index contributed by atoms with van der Waals surface area (Å²) in [6.07, 6.45) is 4.90. The first-order valence-electron chi connectivity index (χ1n) is 8.81. The lowest BCUT2D eigenvalue weighted by atomic mass is 9.79. The van der Waals surface area contributed by atoms with Crippen molar-refractivity contribution >= 4 is 5.91 Å². The summed E-state index contributed by atoms with van der Waals surface area (Å²) in [7, 11) is 1.91. The molecule has 5 nitrogen and oxygen atoms in total. The molecule has 6 heteroatoms. The minimum absolute atomic E-state index is 0.0909. The van der Waals surface area contributed by atoms with E-state index in [9.17, 15) is 9.18 Å². The summed E-state index contributed by atoms with van der Waals surface area (Å²) in [5, 5.41) is 7.57. The number of rotatable bonds is 3. The lowest BCUT2D eigenvalue weighted by Gasteiger charge is -2.39. The Hall–Kier alpha value is -2.21. The van der Waals surface area contributed by atoms with Crippen molar-refractivity contribution in [2.75, 3.05) is 19.6 Å². The van der Waals surface area contributed by atoms with Gasteiger partial charge in [0.05, 0.1) is 5.69 Å². The Bertz CT molecular complexity index is 785. The van der Waals surface area contributed by atoms with E-state index in [1.54, 1.807) is 12.1 Å². The molecular formula is C19H23FN4O. The second-order valence-corrected chi connectivity index (χ2v) is 7.45. The Morgan fingerprint density at radius 3 is 2.84 bits per heavy atom. The van der Waals surface area contributed by atoms with Crippen molar-refractivity contribution < 1.29 is 9.18 Å². The second-order valence-electron chi connectivity index (χ2n) is 7.45. The van der Waals surface area contributed by atoms with Gasteiger partial charge in [0.15, 0.2) is 0 Å². The third-order valence-electron chi connectivity index (χ3n) is 5.35. The molecule has 0 bridgehead atoms. The Labute approximate surface area is 146 Å². The normalized spacial score (nSPS) is 24.0. The minimum atomic E-state index is -0.238. The van der Waals surface area contributed by atoms with Crippen molar-refractivity contribution in [3.63, 3.8) is 0 Å². The molecule has 1 amide bonds. The van der Waals surface area contributed by atoms with E-state index in [1.165, 1.54) is 12.1 Å². The first-order valence-corrected chi connectivity index (χ1v) is 8.81. The monoisotopic (exact) mass is 342 g/mol. The highest BCUT2D eigenvalue weighted by atomic mass is 19.1. The molecule has 1 spiro atoms. The van der Waals surface area contributed by atoms with Gasteiger partial charge in [0.1, 0.15) is 5.82 Å². The maximum Gasteiger partial charge on any atom is 0.220 e. The number of piperidine rings is 1. The molecule has 25 heavy (non-hydrogen) atoms. The molecule has 1 unspecified atom stereocenters. The Morgan fingerprint density at radius 1 is 1.32 bits per heavy atom. The molecule has 1 aromatic carbocycles. The van der Waals surface area contributed by atoms with Gasteiger partial charge in [-0.2, -0.15) is 5.10 Å². The predicted octanol–water partition coefficient (Wildman–Crippen LogP) is 2.33. The zero-order chi connectivity index (χ0) is 17.4. The molecule has 1 aromatic heterocycles. The predicted molar refractivity (Wildman–Crippen MR) is 93.2 cm³/mol. The first-order chi connectivity index (χ1) is 12.0. The van der Waals surface area contributed by atoms with Crippen molar-refractivity contribution in [2.24, 2.45) is 12.5 Å². The maximum absolute atomic E-state index is 13.2. The first kappa shape index (κ1) is 16.3. The fourth-order valence-electron chi connectivity index (χ4n) is 4.23. The van der Waals surface area contributed by atoms with Crippen LogP contribution in [0.5, 0.6) is 0 Å². The van der Waals surface area contributed by atoms with Crippen LogP contribution in [-0.4, -0.2) is 40.2 Å². The van der Waals surface area contributed by atoms with Gasteiger partial charge in [0, 0.05) is 55.8 Å². The van der Waals surface area contributed by atoms with E-state index in [2.05, 4.69) is 15.3 Å². The Balaban J connectivity index is 1.55. The van der Waals surface area contributed by atoms with Crippen LogP contribution in [0.1, 0.15) is 24.8 Å². The second kappa shape index (κ2) is 6.26. The average molecular weight is 342 g/mol. The van der Waals surface area contributed by atoms with Crippen molar-refractivity contribution in [2.45, 2.75) is 25.8 Å². The third kappa shape index (κ3) is 3.31. The van der Waals surface area contributed by atoms with Gasteiger partial charge in [-0.25, -0.2) is 4.39 Å². The quantitative estimate of drug-likeness (QED) is 0.931. The number of hydrogen-bond donors (Lipinski definition) is 1. The van der Waals surface area contributed by atoms with E-state index >= 15 is 0 Å². The van der Waals surface area contributed by atoms with Crippen LogP contribution in [0.2, 0.25) is 0 Å². The van der Waals surface area contributed by atoms with Gasteiger partial charge < -0.3 is 5.32 Å². The van der Waals surface area contributed by atoms with Crippen LogP contribution in [0.25, 0.3) is 11.3 Å². The smallest absolute Gasteiger partial charge is 0.220 e. The third-order valence-corrected chi connectivity index (χ3v) is 5.35. The summed E-state index contributed by atoms with van der Waals surface area (Å²) in [5.41, 5.74) is 3.07. The molecule has 2 aliphatic rings. The highest BCUT2D eigenvalue weighted by molar-refractivity contribution is 5.79. The number of nitrogens with one attached hydrogen (secondary N) is 1. The van der Waals surface area contributed by atoms with Crippen LogP contribution >= 0.6 is 0 Å². The van der Waals surface area contributed by atoms with Crippen molar-refractivity contribution in [1.82, 2.24) is 20.0 Å². The summed E-state index contributed by atoms with van der Waals surface area (Å²) in [4.78, 5) is 14.1. The summed E-state index contributed by atoms with van der Waals surface area (Å²) < 4.78 is 15.0. The average Bonchev–Trinajstić information content (AvgIpc) is 3.11. The molecule has 4 rings (SSSR count). The maximum atomic E-state index is 13.2. The van der Waals surface area contributed by atoms with Gasteiger partial charge in [-0.1, -0.05) is 0 Å². The van der Waals surface area contributed by atoms with E-state index < -0.39 is 0 Å². The SMILES string of the molecule is Cn1cc(CN2CCCC3(CNC(=O)C3)C2)c(-c2ccc(F)cc2)n1. The van der Waals surface area contributed by atoms with Crippen LogP contribution in [0.4, 0.5) is 4.39 Å². The molecule has 2 aromatic rings. The Morgan fingerprint density at radius 2 is 2.12 bits per heavy atom. The van der Waals surface area contributed by atoms with E-state index in [1.807, 2.05) is 17.9 Å². The topological polar surface area (TPSA) is 50.2 Å². The molecule has 2 fully saturated rings. The van der Waals surface area contributed by atoms with Crippen molar-refractivity contribution in [3.05, 3.63) is 41.8 Å². The van der Waals surface area contributed by atoms with Gasteiger partial charge in [0.2, 0.25) is 5.91 Å². The molecule has 1 atom stereocenters. The number of halogens is 1. The largest absolute Gasteiger partial charge is 0.355 e. The number of carbonyl (C=O) groups is 1. The number of nitrogens with zero attached hydrogens (tertiary/aromatic N) is 3. The van der Waals surface area contributed by atoms with Crippen LogP contribution in [-0.2, 0) is 18.4 Å². The van der Waals surface area contributed by atoms with Gasteiger partial charge in [-0.05, 0) is 43.7 Å². The van der Waals surface area contributed by atoms with Gasteiger partial charge in [-0.3, -0.25) is 14.4 Å². The molecule has 1 N–H and O–H groups in total. The van der Waals surface area contributed by atoms with Crippen molar-refractivity contribution in [3.8, 4) is 11.3 Å². The Kier molecular flexibility index (Phi) is 4.07. The summed E-state index contributed by atoms with van der Waals surface area (Å²) in [5.74, 6) is -0.0622. The van der Waals surface area contributed by atoms with E-state index in [0.29, 0.717) is 6.42 Å². The van der Waals surface area contributed by atoms with Crippen LogP contribution in [0.15, 0.2) is 30.5 Å². The number of carbonyl (C=O) groups excluding carboxylic acids is 1. The molecule has 0 radical (unpaired) electrons. The lowest BCUT2D eigenvalue weighted by molar-refractivity contribution is -0.119.